The van der Waals surface area contributed by atoms with Crippen LogP contribution in [-0.4, -0.2) is 18.5 Å². The molecule has 3 N–H and O–H groups in total. The second kappa shape index (κ2) is 4.28. The first kappa shape index (κ1) is 9.43. The molecule has 0 spiro atoms. The number of carbonyl (C=O) groups is 1. The predicted octanol–water partition coefficient (Wildman–Crippen LogP) is 0.106. The summed E-state index contributed by atoms with van der Waals surface area (Å²) in [5.74, 6) is -0.0440. The van der Waals surface area contributed by atoms with E-state index in [1.165, 1.54) is 0 Å². The molecule has 2 unspecified atom stereocenters. The Balaban J connectivity index is 3.71. The third-order valence-corrected chi connectivity index (χ3v) is 1.55. The van der Waals surface area contributed by atoms with Gasteiger partial charge >= 0.3 is 0 Å². The number of carbonyl (C=O) groups excluding carboxylic acids is 1. The molecule has 0 aromatic heterocycles. The number of nitrogens with two attached hydrogens (primary N) is 1. The predicted molar refractivity (Wildman–Crippen MR) is 41.5 cm³/mol. The number of rotatable bonds is 3. The van der Waals surface area contributed by atoms with Crippen molar-refractivity contribution in [2.75, 3.05) is 6.54 Å². The van der Waals surface area contributed by atoms with Gasteiger partial charge in [-0.3, -0.25) is 4.79 Å². The molecule has 1 amide bonds. The van der Waals surface area contributed by atoms with E-state index in [0.29, 0.717) is 6.54 Å². The Labute approximate surface area is 62.0 Å². The van der Waals surface area contributed by atoms with Crippen LogP contribution < -0.4 is 11.1 Å². The van der Waals surface area contributed by atoms with Crippen LogP contribution in [0.2, 0.25) is 0 Å². The second-order valence-electron chi connectivity index (χ2n) is 2.54. The maximum Gasteiger partial charge on any atom is 0.224 e. The van der Waals surface area contributed by atoms with Gasteiger partial charge in [0.15, 0.2) is 0 Å². The molecular formula is C7H16N2O. The summed E-state index contributed by atoms with van der Waals surface area (Å²) < 4.78 is 0. The van der Waals surface area contributed by atoms with Crippen molar-refractivity contribution in [3.8, 4) is 0 Å². The van der Waals surface area contributed by atoms with Crippen LogP contribution in [0.25, 0.3) is 0 Å². The summed E-state index contributed by atoms with van der Waals surface area (Å²) in [4.78, 5) is 11.0. The average Bonchev–Trinajstić information content (AvgIpc) is 1.87. The molecule has 0 aromatic rings. The van der Waals surface area contributed by atoms with Crippen molar-refractivity contribution < 1.29 is 4.79 Å². The third kappa shape index (κ3) is 2.82. The summed E-state index contributed by atoms with van der Waals surface area (Å²) >= 11 is 0. The van der Waals surface area contributed by atoms with Crippen LogP contribution in [0.15, 0.2) is 0 Å². The number of hydrogen-bond donors (Lipinski definition) is 2. The maximum absolute atomic E-state index is 11.0. The van der Waals surface area contributed by atoms with Gasteiger partial charge in [0.2, 0.25) is 5.91 Å². The smallest absolute Gasteiger partial charge is 0.224 e. The topological polar surface area (TPSA) is 55.1 Å². The fourth-order valence-corrected chi connectivity index (χ4v) is 0.574. The van der Waals surface area contributed by atoms with E-state index in [4.69, 9.17) is 5.73 Å². The first-order valence-electron chi connectivity index (χ1n) is 3.62. The molecule has 0 rings (SSSR count). The van der Waals surface area contributed by atoms with E-state index in [1.54, 1.807) is 0 Å². The van der Waals surface area contributed by atoms with Gasteiger partial charge in [-0.05, 0) is 13.8 Å². The highest BCUT2D eigenvalue weighted by molar-refractivity contribution is 5.78. The molecule has 2 atom stereocenters. The van der Waals surface area contributed by atoms with Gasteiger partial charge in [-0.15, -0.1) is 0 Å². The number of hydrogen-bond acceptors (Lipinski definition) is 2. The fraction of sp³-hybridized carbons (Fsp3) is 0.857. The van der Waals surface area contributed by atoms with E-state index in [9.17, 15) is 4.79 Å². The van der Waals surface area contributed by atoms with Crippen LogP contribution in [0.4, 0.5) is 0 Å². The minimum atomic E-state index is -0.0834. The van der Waals surface area contributed by atoms with Crippen LogP contribution in [0.5, 0.6) is 0 Å². The van der Waals surface area contributed by atoms with Crippen molar-refractivity contribution in [1.82, 2.24) is 5.32 Å². The second-order valence-corrected chi connectivity index (χ2v) is 2.54. The standard InChI is InChI=1S/C7H16N2O/c1-4-9-7(10)5(2)6(3)8/h5-6H,4,8H2,1-3H3,(H,9,10). The molecule has 3 heteroatoms. The maximum atomic E-state index is 11.0. The molecule has 0 heterocycles. The molecule has 0 aliphatic rings. The minimum absolute atomic E-state index is 0.0394. The molecule has 0 aromatic carbocycles. The molecule has 0 bridgehead atoms. The van der Waals surface area contributed by atoms with E-state index in [2.05, 4.69) is 5.32 Å². The monoisotopic (exact) mass is 144 g/mol. The van der Waals surface area contributed by atoms with E-state index >= 15 is 0 Å². The molecule has 60 valence electrons. The van der Waals surface area contributed by atoms with Gasteiger partial charge in [-0.25, -0.2) is 0 Å². The molecule has 0 aliphatic heterocycles. The zero-order valence-corrected chi connectivity index (χ0v) is 6.85. The highest BCUT2D eigenvalue weighted by Gasteiger charge is 2.15. The number of nitrogens with one attached hydrogen (secondary N) is 1. The van der Waals surface area contributed by atoms with Gasteiger partial charge in [0.05, 0.1) is 0 Å². The Morgan fingerprint density at radius 3 is 2.40 bits per heavy atom. The van der Waals surface area contributed by atoms with Crippen LogP contribution in [0, 0.1) is 5.92 Å². The van der Waals surface area contributed by atoms with Crippen molar-refractivity contribution in [3.05, 3.63) is 0 Å². The zero-order chi connectivity index (χ0) is 8.15. The molecule has 10 heavy (non-hydrogen) atoms. The molecule has 0 saturated heterocycles. The Morgan fingerprint density at radius 2 is 2.10 bits per heavy atom. The van der Waals surface area contributed by atoms with Crippen molar-refractivity contribution in [3.63, 3.8) is 0 Å². The summed E-state index contributed by atoms with van der Waals surface area (Å²) in [5.41, 5.74) is 5.51. The lowest BCUT2D eigenvalue weighted by Crippen LogP contribution is -2.38. The van der Waals surface area contributed by atoms with E-state index in [0.717, 1.165) is 0 Å². The summed E-state index contributed by atoms with van der Waals surface area (Å²) in [5, 5.41) is 2.71. The van der Waals surface area contributed by atoms with Crippen molar-refractivity contribution in [2.24, 2.45) is 11.7 Å². The SMILES string of the molecule is CCNC(=O)C(C)C(C)N. The van der Waals surface area contributed by atoms with Crippen LogP contribution in [-0.2, 0) is 4.79 Å². The molecule has 3 nitrogen and oxygen atoms in total. The summed E-state index contributed by atoms with van der Waals surface area (Å²) in [6.07, 6.45) is 0. The highest BCUT2D eigenvalue weighted by Crippen LogP contribution is 1.98. The van der Waals surface area contributed by atoms with Gasteiger partial charge in [-0.1, -0.05) is 6.92 Å². The molecule has 0 fully saturated rings. The van der Waals surface area contributed by atoms with Crippen molar-refractivity contribution in [1.29, 1.82) is 0 Å². The summed E-state index contributed by atoms with van der Waals surface area (Å²) in [6, 6.07) is -0.0634. The van der Waals surface area contributed by atoms with E-state index in [-0.39, 0.29) is 17.9 Å². The third-order valence-electron chi connectivity index (χ3n) is 1.55. The van der Waals surface area contributed by atoms with Crippen LogP contribution in [0.1, 0.15) is 20.8 Å². The lowest BCUT2D eigenvalue weighted by Gasteiger charge is -2.13. The molecule has 0 radical (unpaired) electrons. The normalized spacial score (nSPS) is 16.0. The molecule has 0 saturated carbocycles. The molecular weight excluding hydrogens is 128 g/mol. The van der Waals surface area contributed by atoms with Gasteiger partial charge in [0, 0.05) is 18.5 Å². The van der Waals surface area contributed by atoms with Gasteiger partial charge < -0.3 is 11.1 Å². The van der Waals surface area contributed by atoms with Gasteiger partial charge in [-0.2, -0.15) is 0 Å². The Morgan fingerprint density at radius 1 is 1.60 bits per heavy atom. The van der Waals surface area contributed by atoms with E-state index < -0.39 is 0 Å². The quantitative estimate of drug-likeness (QED) is 0.590. The van der Waals surface area contributed by atoms with Gasteiger partial charge in [0.1, 0.15) is 0 Å². The highest BCUT2D eigenvalue weighted by atomic mass is 16.1. The average molecular weight is 144 g/mol. The molecule has 0 aliphatic carbocycles. The number of amides is 1. The zero-order valence-electron chi connectivity index (χ0n) is 6.85. The van der Waals surface area contributed by atoms with Crippen LogP contribution >= 0.6 is 0 Å². The van der Waals surface area contributed by atoms with Gasteiger partial charge in [0.25, 0.3) is 0 Å². The Bertz CT molecular complexity index is 112. The Kier molecular flexibility index (Phi) is 4.03. The van der Waals surface area contributed by atoms with E-state index in [1.807, 2.05) is 20.8 Å². The van der Waals surface area contributed by atoms with Crippen molar-refractivity contribution in [2.45, 2.75) is 26.8 Å². The summed E-state index contributed by atoms with van der Waals surface area (Å²) in [7, 11) is 0. The fourth-order valence-electron chi connectivity index (χ4n) is 0.574. The lowest BCUT2D eigenvalue weighted by molar-refractivity contribution is -0.124. The first-order chi connectivity index (χ1) is 4.59. The largest absolute Gasteiger partial charge is 0.356 e. The Hall–Kier alpha value is -0.570. The summed E-state index contributed by atoms with van der Waals surface area (Å²) in [6.45, 7) is 6.23. The first-order valence-corrected chi connectivity index (χ1v) is 3.62. The van der Waals surface area contributed by atoms with Crippen LogP contribution in [0.3, 0.4) is 0 Å². The van der Waals surface area contributed by atoms with Crippen molar-refractivity contribution >= 4 is 5.91 Å². The minimum Gasteiger partial charge on any atom is -0.356 e. The lowest BCUT2D eigenvalue weighted by atomic mass is 10.0.